The fraction of sp³-hybridized carbons (Fsp3) is 0.262. The molecule has 0 saturated carbocycles. The Kier molecular flexibility index (Phi) is 13.7. The van der Waals surface area contributed by atoms with Gasteiger partial charge in [-0.1, -0.05) is 83.9 Å². The summed E-state index contributed by atoms with van der Waals surface area (Å²) in [5, 5.41) is 15.8. The third-order valence-electron chi connectivity index (χ3n) is 10.1. The number of aryl methyl sites for hydroxylation is 2. The van der Waals surface area contributed by atoms with Gasteiger partial charge in [0.1, 0.15) is 28.0 Å². The molecular formula is C42H40Cl2N8O8S2. The standard InChI is InChI=1S/C21H21ClN4O4S.C21H19ClN4O4S/c2*1-24-14-10-26(8-9-30-11-15(27)19-23-16(22)12-31-19)18(13-6-4-3-5-7-13)17(14)20(28)25(2)21(24)29/h3-7,10,12,15,27H,8-9,11H2,1-2H3;3-7,10,12H,8-9,11H2,1-2H3. The molecule has 20 heteroatoms. The number of aromatic nitrogens is 8. The summed E-state index contributed by atoms with van der Waals surface area (Å²) >= 11 is 14.0. The highest BCUT2D eigenvalue weighted by atomic mass is 35.5. The number of hydrogen-bond donors (Lipinski definition) is 1. The highest BCUT2D eigenvalue weighted by Gasteiger charge is 2.21. The number of aliphatic hydroxyl groups is 1. The highest BCUT2D eigenvalue weighted by Crippen LogP contribution is 2.29. The summed E-state index contributed by atoms with van der Waals surface area (Å²) in [5.74, 6) is -0.242. The zero-order chi connectivity index (χ0) is 44.2. The molecule has 16 nitrogen and oxygen atoms in total. The molecule has 0 spiro atoms. The first-order valence-electron chi connectivity index (χ1n) is 19.0. The van der Waals surface area contributed by atoms with Gasteiger partial charge in [-0.15, -0.1) is 22.7 Å². The molecule has 0 aliphatic heterocycles. The number of Topliss-reactive ketones (excluding diaryl/α,β-unsaturated/α-hetero) is 1. The van der Waals surface area contributed by atoms with Crippen molar-refractivity contribution in [3.63, 3.8) is 0 Å². The number of thiazole rings is 2. The summed E-state index contributed by atoms with van der Waals surface area (Å²) in [5.41, 5.74) is 2.78. The number of fused-ring (bicyclic) bond motifs is 2. The average molecular weight is 920 g/mol. The molecule has 8 aromatic rings. The van der Waals surface area contributed by atoms with Crippen molar-refractivity contribution in [3.8, 4) is 22.5 Å². The van der Waals surface area contributed by atoms with Crippen LogP contribution in [0.15, 0.2) is 103 Å². The van der Waals surface area contributed by atoms with E-state index in [-0.39, 0.29) is 47.6 Å². The third kappa shape index (κ3) is 9.07. The van der Waals surface area contributed by atoms with Crippen LogP contribution in [0.1, 0.15) is 20.9 Å². The Hall–Kier alpha value is -5.73. The van der Waals surface area contributed by atoms with E-state index in [1.54, 1.807) is 37.2 Å². The van der Waals surface area contributed by atoms with Crippen LogP contribution in [0.25, 0.3) is 44.3 Å². The van der Waals surface area contributed by atoms with E-state index in [0.29, 0.717) is 62.4 Å². The number of carbonyl (C=O) groups is 1. The Balaban J connectivity index is 0.000000186. The first-order chi connectivity index (χ1) is 29.8. The van der Waals surface area contributed by atoms with Crippen molar-refractivity contribution >= 4 is 73.5 Å². The van der Waals surface area contributed by atoms with Crippen LogP contribution in [0, 0.1) is 0 Å². The summed E-state index contributed by atoms with van der Waals surface area (Å²) in [6.45, 7) is 1.31. The van der Waals surface area contributed by atoms with Crippen molar-refractivity contribution < 1.29 is 19.4 Å². The van der Waals surface area contributed by atoms with Gasteiger partial charge in [-0.2, -0.15) is 0 Å². The Morgan fingerprint density at radius 1 is 0.677 bits per heavy atom. The molecule has 0 saturated heterocycles. The minimum atomic E-state index is -0.858. The van der Waals surface area contributed by atoms with Crippen molar-refractivity contribution in [1.29, 1.82) is 0 Å². The molecule has 6 heterocycles. The van der Waals surface area contributed by atoms with E-state index in [0.717, 1.165) is 26.0 Å². The molecule has 0 aliphatic rings. The molecule has 2 aromatic carbocycles. The summed E-state index contributed by atoms with van der Waals surface area (Å²) in [7, 11) is 6.23. The number of nitrogens with zero attached hydrogens (tertiary/aromatic N) is 8. The van der Waals surface area contributed by atoms with Gasteiger partial charge >= 0.3 is 11.4 Å². The lowest BCUT2D eigenvalue weighted by Crippen LogP contribution is -2.36. The molecule has 8 rings (SSSR count). The maximum Gasteiger partial charge on any atom is 0.330 e. The second-order valence-corrected chi connectivity index (χ2v) is 16.6. The lowest BCUT2D eigenvalue weighted by Gasteiger charge is -2.12. The Morgan fingerprint density at radius 3 is 1.60 bits per heavy atom. The maximum atomic E-state index is 12.9. The number of aliphatic hydroxyl groups excluding tert-OH is 1. The van der Waals surface area contributed by atoms with Gasteiger partial charge in [0.15, 0.2) is 5.01 Å². The number of benzene rings is 2. The number of rotatable bonds is 14. The highest BCUT2D eigenvalue weighted by molar-refractivity contribution is 7.12. The fourth-order valence-electron chi connectivity index (χ4n) is 6.96. The minimum absolute atomic E-state index is 0.0750. The summed E-state index contributed by atoms with van der Waals surface area (Å²) in [4.78, 5) is 70.8. The number of hydrogen-bond acceptors (Lipinski definition) is 12. The smallest absolute Gasteiger partial charge is 0.330 e. The largest absolute Gasteiger partial charge is 0.383 e. The van der Waals surface area contributed by atoms with Crippen LogP contribution in [-0.2, 0) is 50.8 Å². The number of halogens is 2. The third-order valence-corrected chi connectivity index (χ3v) is 12.5. The second-order valence-electron chi connectivity index (χ2n) is 14.1. The topological polar surface area (TPSA) is 179 Å². The summed E-state index contributed by atoms with van der Waals surface area (Å²) in [6.07, 6.45) is 2.70. The van der Waals surface area contributed by atoms with Gasteiger partial charge < -0.3 is 23.7 Å². The molecular weight excluding hydrogens is 880 g/mol. The van der Waals surface area contributed by atoms with Gasteiger partial charge in [-0.05, 0) is 11.1 Å². The average Bonchev–Trinajstić information content (AvgIpc) is 4.10. The number of ketones is 1. The lowest BCUT2D eigenvalue weighted by molar-refractivity contribution is 0.0328. The van der Waals surface area contributed by atoms with Crippen LogP contribution in [0.2, 0.25) is 10.3 Å². The van der Waals surface area contributed by atoms with E-state index in [4.69, 9.17) is 32.7 Å². The molecule has 0 aliphatic carbocycles. The Labute approximate surface area is 370 Å². The predicted octanol–water partition coefficient (Wildman–Crippen LogP) is 5.28. The Bertz CT molecular complexity index is 3150. The Morgan fingerprint density at radius 2 is 1.15 bits per heavy atom. The van der Waals surface area contributed by atoms with Gasteiger partial charge in [-0.3, -0.25) is 32.7 Å². The van der Waals surface area contributed by atoms with Crippen LogP contribution in [-0.4, -0.2) is 74.7 Å². The van der Waals surface area contributed by atoms with Crippen LogP contribution in [0.4, 0.5) is 0 Å². The zero-order valence-electron chi connectivity index (χ0n) is 33.9. The van der Waals surface area contributed by atoms with Crippen LogP contribution < -0.4 is 22.5 Å². The van der Waals surface area contributed by atoms with Gasteiger partial charge in [0.2, 0.25) is 5.78 Å². The second kappa shape index (κ2) is 19.1. The molecule has 0 fully saturated rings. The molecule has 0 bridgehead atoms. The van der Waals surface area contributed by atoms with E-state index in [1.807, 2.05) is 69.8 Å². The maximum absolute atomic E-state index is 12.9. The van der Waals surface area contributed by atoms with Crippen LogP contribution in [0.5, 0.6) is 0 Å². The van der Waals surface area contributed by atoms with Crippen molar-refractivity contribution in [2.24, 2.45) is 28.2 Å². The molecule has 62 heavy (non-hydrogen) atoms. The predicted molar refractivity (Wildman–Crippen MR) is 241 cm³/mol. The first-order valence-corrected chi connectivity index (χ1v) is 21.6. The van der Waals surface area contributed by atoms with Gasteiger partial charge in [0.05, 0.1) is 53.0 Å². The zero-order valence-corrected chi connectivity index (χ0v) is 37.0. The quantitative estimate of drug-likeness (QED) is 0.111. The van der Waals surface area contributed by atoms with Crippen molar-refractivity contribution in [2.75, 3.05) is 26.4 Å². The van der Waals surface area contributed by atoms with Gasteiger partial charge in [-0.25, -0.2) is 19.6 Å². The van der Waals surface area contributed by atoms with Gasteiger partial charge in [0, 0.05) is 64.4 Å². The van der Waals surface area contributed by atoms with Crippen molar-refractivity contribution in [1.82, 2.24) is 37.4 Å². The normalized spacial score (nSPS) is 11.9. The van der Waals surface area contributed by atoms with E-state index in [1.165, 1.54) is 45.9 Å². The van der Waals surface area contributed by atoms with E-state index < -0.39 is 11.8 Å². The fourth-order valence-corrected chi connectivity index (χ4v) is 8.76. The number of carbonyl (C=O) groups excluding carboxylic acids is 1. The number of ether oxygens (including phenoxy) is 2. The molecule has 322 valence electrons. The lowest BCUT2D eigenvalue weighted by atomic mass is 10.1. The van der Waals surface area contributed by atoms with Crippen LogP contribution in [0.3, 0.4) is 0 Å². The first kappa shape index (κ1) is 44.3. The molecule has 1 unspecified atom stereocenters. The monoisotopic (exact) mass is 918 g/mol. The molecule has 1 N–H and O–H groups in total. The summed E-state index contributed by atoms with van der Waals surface area (Å²) < 4.78 is 20.2. The van der Waals surface area contributed by atoms with E-state index >= 15 is 0 Å². The molecule has 0 amide bonds. The van der Waals surface area contributed by atoms with Crippen LogP contribution >= 0.6 is 45.9 Å². The van der Waals surface area contributed by atoms with Crippen molar-refractivity contribution in [2.45, 2.75) is 19.2 Å². The van der Waals surface area contributed by atoms with E-state index in [9.17, 15) is 29.1 Å². The van der Waals surface area contributed by atoms with Gasteiger partial charge in [0.25, 0.3) is 11.1 Å². The molecule has 6 aromatic heterocycles. The minimum Gasteiger partial charge on any atom is -0.383 e. The van der Waals surface area contributed by atoms with E-state index in [2.05, 4.69) is 9.97 Å². The van der Waals surface area contributed by atoms with Crippen molar-refractivity contribution in [3.05, 3.63) is 146 Å². The summed E-state index contributed by atoms with van der Waals surface area (Å²) in [6, 6.07) is 19.0. The molecule has 0 radical (unpaired) electrons. The SMILES string of the molecule is Cn1c(=O)c2c(-c3ccccc3)n(CCOCC(=O)c3nc(Cl)cs3)cc2n(C)c1=O.Cn1c(=O)c2c(-c3ccccc3)n(CCOCC(O)c3nc(Cl)cs3)cc2n(C)c1=O. The molecule has 1 atom stereocenters.